The molecule has 0 atom stereocenters. The highest BCUT2D eigenvalue weighted by molar-refractivity contribution is 6.31. The van der Waals surface area contributed by atoms with Crippen molar-refractivity contribution in [1.29, 1.82) is 0 Å². The molecule has 2 bridgehead atoms. The Kier molecular flexibility index (Phi) is 4.42. The minimum absolute atomic E-state index is 0.702. The number of aromatic nitrogens is 4. The highest BCUT2D eigenvalue weighted by atomic mass is 35.5. The highest BCUT2D eigenvalue weighted by Gasteiger charge is 2.30. The van der Waals surface area contributed by atoms with Crippen LogP contribution >= 0.6 is 23.2 Å². The summed E-state index contributed by atoms with van der Waals surface area (Å²) in [5.74, 6) is 1.72. The third-order valence-corrected chi connectivity index (χ3v) is 7.81. The molecular weight excluding hydrogens is 503 g/mol. The van der Waals surface area contributed by atoms with Crippen molar-refractivity contribution in [2.75, 3.05) is 16.5 Å². The zero-order chi connectivity index (χ0) is 24.7. The number of nitrogens with zero attached hydrogens (tertiary/aromatic N) is 4. The molecule has 0 saturated heterocycles. The van der Waals surface area contributed by atoms with Gasteiger partial charge in [-0.05, 0) is 83.9 Å². The van der Waals surface area contributed by atoms with Gasteiger partial charge in [-0.15, -0.1) is 0 Å². The number of hydrogen-bond donors (Lipinski definition) is 2. The molecule has 4 aromatic carbocycles. The van der Waals surface area contributed by atoms with Crippen molar-refractivity contribution in [3.05, 3.63) is 94.0 Å². The van der Waals surface area contributed by atoms with Gasteiger partial charge >= 0.3 is 0 Å². The molecule has 8 rings (SSSR count). The largest absolute Gasteiger partial charge is 0.349 e. The Morgan fingerprint density at radius 3 is 1.57 bits per heavy atom. The summed E-state index contributed by atoms with van der Waals surface area (Å²) < 4.78 is 0. The Labute approximate surface area is 222 Å². The first kappa shape index (κ1) is 21.1. The average molecular weight is 523 g/mol. The molecule has 0 fully saturated rings. The monoisotopic (exact) mass is 522 g/mol. The van der Waals surface area contributed by atoms with Crippen LogP contribution in [0.5, 0.6) is 0 Å². The molecule has 6 nitrogen and oxygen atoms in total. The number of rotatable bonds is 2. The first-order chi connectivity index (χ1) is 18.1. The van der Waals surface area contributed by atoms with Crippen LogP contribution in [-0.2, 0) is 13.1 Å². The van der Waals surface area contributed by atoms with Gasteiger partial charge in [0.2, 0.25) is 0 Å². The lowest BCUT2D eigenvalue weighted by molar-refractivity contribution is 0.651. The van der Waals surface area contributed by atoms with Crippen LogP contribution in [0.1, 0.15) is 11.1 Å². The van der Waals surface area contributed by atoms with Gasteiger partial charge in [0, 0.05) is 45.6 Å². The van der Waals surface area contributed by atoms with Gasteiger partial charge in [-0.2, -0.15) is 0 Å². The van der Waals surface area contributed by atoms with Crippen LogP contribution in [0.15, 0.2) is 72.8 Å². The number of nitrogens with one attached hydrogen (secondary N) is 2. The first-order valence-electron chi connectivity index (χ1n) is 12.1. The molecule has 0 spiro atoms. The summed E-state index contributed by atoms with van der Waals surface area (Å²) in [6, 6.07) is 24.7. The van der Waals surface area contributed by atoms with E-state index in [0.717, 1.165) is 64.6 Å². The Balaban J connectivity index is 1.13. The number of imidazole rings is 2. The molecule has 0 unspecified atom stereocenters. The normalized spacial score (nSPS) is 14.3. The van der Waals surface area contributed by atoms with Gasteiger partial charge in [-0.25, -0.2) is 9.97 Å². The maximum atomic E-state index is 6.16. The molecular formula is C29H20Cl2N6. The quantitative estimate of drug-likeness (QED) is 0.249. The van der Waals surface area contributed by atoms with Crippen molar-refractivity contribution < 1.29 is 0 Å². The van der Waals surface area contributed by atoms with E-state index in [2.05, 4.69) is 56.2 Å². The standard InChI is InChI=1S/C29H20Cl2N6/c30-20-3-5-22-24(11-20)34-28(32-22)16-1-7-26-18(9-16)13-37-15-36(26)14-19-10-17(2-8-27(19)37)29-33-23-6-4-21(31)12-25(23)35-29/h1-12H,13-15H2,(H,32,34)(H,33,35). The van der Waals surface area contributed by atoms with Crippen LogP contribution in [0.3, 0.4) is 0 Å². The molecule has 2 aliphatic rings. The SMILES string of the molecule is Clc1ccc2nc(-c3ccc4c(c3)CN3CN4Cc4cc(-c5nc6ccc(Cl)cc6[nH]5)ccc43)[nH]c2c1. The minimum Gasteiger partial charge on any atom is -0.349 e. The van der Waals surface area contributed by atoms with Crippen LogP contribution in [0.4, 0.5) is 11.4 Å². The molecule has 0 aliphatic carbocycles. The Morgan fingerprint density at radius 2 is 1.08 bits per heavy atom. The van der Waals surface area contributed by atoms with E-state index < -0.39 is 0 Å². The minimum atomic E-state index is 0.702. The lowest BCUT2D eigenvalue weighted by Crippen LogP contribution is -2.46. The first-order valence-corrected chi connectivity index (χ1v) is 12.9. The van der Waals surface area contributed by atoms with Gasteiger partial charge in [0.25, 0.3) is 0 Å². The van der Waals surface area contributed by atoms with Crippen LogP contribution in [0.2, 0.25) is 10.0 Å². The Hall–Kier alpha value is -4.00. The van der Waals surface area contributed by atoms with E-state index in [1.807, 2.05) is 36.4 Å². The fourth-order valence-electron chi connectivity index (χ4n) is 5.61. The lowest BCUT2D eigenvalue weighted by Gasteiger charge is -2.45. The topological polar surface area (TPSA) is 63.8 Å². The fraction of sp³-hybridized carbons (Fsp3) is 0.103. The molecule has 2 N–H and O–H groups in total. The van der Waals surface area contributed by atoms with Crippen molar-refractivity contribution in [2.24, 2.45) is 0 Å². The number of aromatic amines is 2. The third kappa shape index (κ3) is 3.40. The predicted molar refractivity (Wildman–Crippen MR) is 150 cm³/mol. The summed E-state index contributed by atoms with van der Waals surface area (Å²) in [4.78, 5) is 21.3. The van der Waals surface area contributed by atoms with Gasteiger partial charge in [0.1, 0.15) is 11.6 Å². The van der Waals surface area contributed by atoms with E-state index in [1.54, 1.807) is 0 Å². The summed E-state index contributed by atoms with van der Waals surface area (Å²) in [6.07, 6.45) is 0. The van der Waals surface area contributed by atoms with E-state index in [-0.39, 0.29) is 0 Å². The van der Waals surface area contributed by atoms with Gasteiger partial charge in [-0.1, -0.05) is 23.2 Å². The molecule has 4 heterocycles. The second kappa shape index (κ2) is 7.75. The summed E-state index contributed by atoms with van der Waals surface area (Å²) in [7, 11) is 0. The molecule has 0 saturated carbocycles. The summed E-state index contributed by atoms with van der Waals surface area (Å²) in [6.45, 7) is 2.58. The summed E-state index contributed by atoms with van der Waals surface area (Å²) in [5.41, 5.74) is 11.0. The van der Waals surface area contributed by atoms with Crippen LogP contribution in [-0.4, -0.2) is 26.6 Å². The van der Waals surface area contributed by atoms with Gasteiger partial charge in [0.15, 0.2) is 0 Å². The van der Waals surface area contributed by atoms with Crippen molar-refractivity contribution in [1.82, 2.24) is 19.9 Å². The number of benzene rings is 4. The van der Waals surface area contributed by atoms with Gasteiger partial charge in [0.05, 0.1) is 28.7 Å². The number of fused-ring (bicyclic) bond motifs is 8. The number of hydrogen-bond acceptors (Lipinski definition) is 4. The van der Waals surface area contributed by atoms with Gasteiger partial charge in [-0.3, -0.25) is 0 Å². The van der Waals surface area contributed by atoms with Crippen LogP contribution in [0.25, 0.3) is 44.8 Å². The maximum Gasteiger partial charge on any atom is 0.138 e. The molecule has 180 valence electrons. The number of halogens is 2. The van der Waals surface area contributed by atoms with E-state index in [0.29, 0.717) is 10.0 Å². The zero-order valence-electron chi connectivity index (χ0n) is 19.6. The molecule has 2 aromatic heterocycles. The molecule has 8 heteroatoms. The summed E-state index contributed by atoms with van der Waals surface area (Å²) >= 11 is 12.3. The van der Waals surface area contributed by atoms with E-state index in [9.17, 15) is 0 Å². The fourth-order valence-corrected chi connectivity index (χ4v) is 5.96. The predicted octanol–water partition coefficient (Wildman–Crippen LogP) is 7.38. The second-order valence-electron chi connectivity index (χ2n) is 9.72. The number of H-pyrrole nitrogens is 2. The highest BCUT2D eigenvalue weighted by Crippen LogP contribution is 2.40. The molecule has 6 aromatic rings. The average Bonchev–Trinajstić information content (AvgIpc) is 3.52. The summed E-state index contributed by atoms with van der Waals surface area (Å²) in [5, 5.41) is 1.40. The Morgan fingerprint density at radius 1 is 0.595 bits per heavy atom. The molecule has 0 radical (unpaired) electrons. The second-order valence-corrected chi connectivity index (χ2v) is 10.6. The van der Waals surface area contributed by atoms with Crippen LogP contribution < -0.4 is 9.80 Å². The van der Waals surface area contributed by atoms with Crippen LogP contribution in [0, 0.1) is 0 Å². The zero-order valence-corrected chi connectivity index (χ0v) is 21.1. The molecule has 37 heavy (non-hydrogen) atoms. The molecule has 0 amide bonds. The van der Waals surface area contributed by atoms with E-state index >= 15 is 0 Å². The van der Waals surface area contributed by atoms with Gasteiger partial charge < -0.3 is 19.8 Å². The van der Waals surface area contributed by atoms with E-state index in [4.69, 9.17) is 33.2 Å². The maximum absolute atomic E-state index is 6.16. The lowest BCUT2D eigenvalue weighted by atomic mass is 9.98. The third-order valence-electron chi connectivity index (χ3n) is 7.34. The Bertz CT molecular complexity index is 1730. The van der Waals surface area contributed by atoms with Crippen molar-refractivity contribution in [3.8, 4) is 22.8 Å². The van der Waals surface area contributed by atoms with Crippen molar-refractivity contribution in [3.63, 3.8) is 0 Å². The van der Waals surface area contributed by atoms with E-state index in [1.165, 1.54) is 22.5 Å². The van der Waals surface area contributed by atoms with Crippen molar-refractivity contribution in [2.45, 2.75) is 13.1 Å². The number of anilines is 2. The molecule has 2 aliphatic heterocycles. The van der Waals surface area contributed by atoms with Crippen molar-refractivity contribution >= 4 is 56.6 Å². The smallest absolute Gasteiger partial charge is 0.138 e.